The van der Waals surface area contributed by atoms with E-state index in [1.807, 2.05) is 13.8 Å². The maximum atomic E-state index is 10.5. The average Bonchev–Trinajstić information content (AvgIpc) is 2.43. The second kappa shape index (κ2) is 8.03. The van der Waals surface area contributed by atoms with E-state index in [1.165, 1.54) is 6.07 Å². The van der Waals surface area contributed by atoms with E-state index in [1.54, 1.807) is 30.3 Å². The van der Waals surface area contributed by atoms with E-state index >= 15 is 0 Å². The zero-order valence-corrected chi connectivity index (χ0v) is 13.0. The van der Waals surface area contributed by atoms with Crippen molar-refractivity contribution in [3.63, 3.8) is 0 Å². The smallest absolute Gasteiger partial charge is 0.337 e. The fourth-order valence-electron chi connectivity index (χ4n) is 1.53. The van der Waals surface area contributed by atoms with E-state index in [2.05, 4.69) is 0 Å². The van der Waals surface area contributed by atoms with Gasteiger partial charge >= 0.3 is 5.97 Å². The van der Waals surface area contributed by atoms with E-state index in [4.69, 9.17) is 36.2 Å². The quantitative estimate of drug-likeness (QED) is 0.854. The molecule has 0 aromatic heterocycles. The molecule has 0 saturated carbocycles. The summed E-state index contributed by atoms with van der Waals surface area (Å²) in [7, 11) is 0. The van der Waals surface area contributed by atoms with Gasteiger partial charge in [-0.15, -0.1) is 0 Å². The second-order valence-electron chi connectivity index (χ2n) is 4.38. The molecule has 0 saturated heterocycles. The van der Waals surface area contributed by atoms with Crippen LogP contribution >= 0.6 is 23.2 Å². The Hall–Kier alpha value is -1.55. The van der Waals surface area contributed by atoms with Crippen LogP contribution in [0.4, 0.5) is 0 Å². The Bertz CT molecular complexity index is 713. The minimum atomic E-state index is -2.36. The molecule has 0 amide bonds. The molecule has 0 atom stereocenters. The first-order valence-corrected chi connectivity index (χ1v) is 6.76. The summed E-state index contributed by atoms with van der Waals surface area (Å²) in [4.78, 5) is 10.5. The van der Waals surface area contributed by atoms with E-state index in [-0.39, 0.29) is 21.2 Å². The topological polar surface area (TPSA) is 57.5 Å². The molecule has 0 aliphatic heterocycles. The Morgan fingerprint density at radius 2 is 1.62 bits per heavy atom. The van der Waals surface area contributed by atoms with Gasteiger partial charge in [-0.2, -0.15) is 0 Å². The van der Waals surface area contributed by atoms with Gasteiger partial charge in [0.2, 0.25) is 0 Å². The fourth-order valence-corrected chi connectivity index (χ4v) is 1.89. The first kappa shape index (κ1) is 14.4. The predicted molar refractivity (Wildman–Crippen MR) is 85.3 cm³/mol. The van der Waals surface area contributed by atoms with Crippen molar-refractivity contribution in [2.24, 2.45) is 0 Å². The first-order valence-electron chi connectivity index (χ1n) is 7.01. The SMILES string of the molecule is Cc1ccc(Cl)c(C(=O)O)c1.[2H]C([2H])(O)c1cc(C)ccc1Cl. The van der Waals surface area contributed by atoms with Crippen LogP contribution in [0.3, 0.4) is 0 Å². The summed E-state index contributed by atoms with van der Waals surface area (Å²) in [6, 6.07) is 9.76. The molecule has 0 unspecified atom stereocenters. The molecule has 2 aromatic rings. The summed E-state index contributed by atoms with van der Waals surface area (Å²) in [6.45, 7) is 1.28. The third-order valence-electron chi connectivity index (χ3n) is 2.59. The summed E-state index contributed by atoms with van der Waals surface area (Å²) in [5.41, 5.74) is 2.04. The van der Waals surface area contributed by atoms with Gasteiger partial charge in [0.25, 0.3) is 0 Å². The maximum Gasteiger partial charge on any atom is 0.337 e. The highest BCUT2D eigenvalue weighted by Gasteiger charge is 2.06. The van der Waals surface area contributed by atoms with E-state index in [9.17, 15) is 4.79 Å². The number of hydrogen-bond acceptors (Lipinski definition) is 2. The van der Waals surface area contributed by atoms with Gasteiger partial charge < -0.3 is 10.2 Å². The fraction of sp³-hybridized carbons (Fsp3) is 0.188. The molecular weight excluding hydrogens is 311 g/mol. The molecule has 0 aliphatic carbocycles. The van der Waals surface area contributed by atoms with Crippen LogP contribution in [0.2, 0.25) is 10.0 Å². The molecule has 0 fully saturated rings. The van der Waals surface area contributed by atoms with Crippen LogP contribution in [-0.4, -0.2) is 16.2 Å². The minimum absolute atomic E-state index is 0.115. The zero-order valence-electron chi connectivity index (χ0n) is 13.5. The van der Waals surface area contributed by atoms with Gasteiger partial charge in [0, 0.05) is 5.02 Å². The predicted octanol–water partition coefficient (Wildman–Crippen LogP) is 4.49. The van der Waals surface area contributed by atoms with Gasteiger partial charge in [0.15, 0.2) is 0 Å². The number of carbonyl (C=O) groups is 1. The van der Waals surface area contributed by atoms with Crippen LogP contribution in [0.5, 0.6) is 0 Å². The minimum Gasteiger partial charge on any atom is -0.478 e. The summed E-state index contributed by atoms with van der Waals surface area (Å²) in [6.07, 6.45) is 0. The van der Waals surface area contributed by atoms with Gasteiger partial charge in [-0.3, -0.25) is 0 Å². The summed E-state index contributed by atoms with van der Waals surface area (Å²) >= 11 is 11.3. The highest BCUT2D eigenvalue weighted by Crippen LogP contribution is 2.17. The molecule has 0 bridgehead atoms. The number of rotatable bonds is 2. The number of aryl methyl sites for hydroxylation is 2. The average molecular weight is 329 g/mol. The van der Waals surface area contributed by atoms with Crippen LogP contribution in [0, 0.1) is 13.8 Å². The monoisotopic (exact) mass is 328 g/mol. The second-order valence-corrected chi connectivity index (χ2v) is 5.20. The third-order valence-corrected chi connectivity index (χ3v) is 3.25. The van der Waals surface area contributed by atoms with Crippen molar-refractivity contribution in [2.45, 2.75) is 20.4 Å². The number of carboxylic acids is 1. The number of halogens is 2. The highest BCUT2D eigenvalue weighted by molar-refractivity contribution is 6.33. The first-order chi connectivity index (χ1) is 10.5. The molecule has 2 N–H and O–H groups in total. The molecule has 5 heteroatoms. The highest BCUT2D eigenvalue weighted by atomic mass is 35.5. The molecule has 0 spiro atoms. The molecule has 0 radical (unpaired) electrons. The van der Waals surface area contributed by atoms with Gasteiger partial charge in [-0.25, -0.2) is 4.79 Å². The number of hydrogen-bond donors (Lipinski definition) is 2. The van der Waals surface area contributed by atoms with Gasteiger partial charge in [-0.05, 0) is 37.6 Å². The molecule has 112 valence electrons. The molecular formula is C16H16Cl2O3. The summed E-state index contributed by atoms with van der Waals surface area (Å²) < 4.78 is 14.1. The number of aliphatic hydroxyl groups is 1. The lowest BCUT2D eigenvalue weighted by atomic mass is 10.1. The molecule has 0 aliphatic rings. The Kier molecular flexibility index (Phi) is 5.50. The Morgan fingerprint density at radius 1 is 1.10 bits per heavy atom. The van der Waals surface area contributed by atoms with Crippen LogP contribution in [0.1, 0.15) is 29.8 Å². The van der Waals surface area contributed by atoms with Crippen molar-refractivity contribution in [1.29, 1.82) is 0 Å². The van der Waals surface area contributed by atoms with Crippen LogP contribution in [0.25, 0.3) is 0 Å². The lowest BCUT2D eigenvalue weighted by Crippen LogP contribution is -1.97. The van der Waals surface area contributed by atoms with Crippen LogP contribution in [-0.2, 0) is 6.56 Å². The van der Waals surface area contributed by atoms with Gasteiger partial charge in [-0.1, -0.05) is 52.5 Å². The number of aromatic carboxylic acids is 1. The van der Waals surface area contributed by atoms with Crippen molar-refractivity contribution in [2.75, 3.05) is 0 Å². The zero-order chi connectivity index (χ0) is 17.8. The van der Waals surface area contributed by atoms with Crippen molar-refractivity contribution in [3.8, 4) is 0 Å². The van der Waals surface area contributed by atoms with Crippen LogP contribution < -0.4 is 0 Å². The molecule has 3 nitrogen and oxygen atoms in total. The summed E-state index contributed by atoms with van der Waals surface area (Å²) in [5, 5.41) is 18.2. The molecule has 0 heterocycles. The van der Waals surface area contributed by atoms with Gasteiger partial charge in [0.1, 0.15) is 0 Å². The van der Waals surface area contributed by atoms with Crippen molar-refractivity contribution in [3.05, 3.63) is 68.7 Å². The van der Waals surface area contributed by atoms with Crippen LogP contribution in [0.15, 0.2) is 36.4 Å². The van der Waals surface area contributed by atoms with Crippen molar-refractivity contribution >= 4 is 29.2 Å². The Balaban J connectivity index is 0.000000231. The molecule has 2 rings (SSSR count). The number of benzene rings is 2. The van der Waals surface area contributed by atoms with Gasteiger partial charge in [0.05, 0.1) is 19.9 Å². The van der Waals surface area contributed by atoms with E-state index in [0.29, 0.717) is 0 Å². The standard InChI is InChI=1S/C8H7ClO2.C8H9ClO/c1-5-2-3-7(9)6(4-5)8(10)11;1-6-2-3-8(9)7(4-6)5-10/h2-4H,1H3,(H,10,11);2-4,10H,5H2,1H3/i;5D2. The van der Waals surface area contributed by atoms with Crippen molar-refractivity contribution < 1.29 is 17.7 Å². The normalized spacial score (nSPS) is 11.9. The van der Waals surface area contributed by atoms with Crippen molar-refractivity contribution in [1.82, 2.24) is 0 Å². The largest absolute Gasteiger partial charge is 0.478 e. The summed E-state index contributed by atoms with van der Waals surface area (Å²) in [5.74, 6) is -0.987. The maximum absolute atomic E-state index is 10.5. The van der Waals surface area contributed by atoms with E-state index < -0.39 is 12.5 Å². The third kappa shape index (κ3) is 5.38. The molecule has 21 heavy (non-hydrogen) atoms. The lowest BCUT2D eigenvalue weighted by Gasteiger charge is -1.99. The Labute approximate surface area is 136 Å². The van der Waals surface area contributed by atoms with E-state index in [0.717, 1.165) is 11.1 Å². The molecule has 2 aromatic carbocycles. The lowest BCUT2D eigenvalue weighted by molar-refractivity contribution is 0.0697. The Morgan fingerprint density at radius 3 is 2.05 bits per heavy atom. The number of carboxylic acid groups (broad SMARTS) is 1.